The van der Waals surface area contributed by atoms with E-state index in [0.717, 1.165) is 5.69 Å². The fourth-order valence-electron chi connectivity index (χ4n) is 10.5. The van der Waals surface area contributed by atoms with Crippen LogP contribution in [0.25, 0.3) is 77.0 Å². The number of anilines is 3. The van der Waals surface area contributed by atoms with Gasteiger partial charge < -0.3 is 9.47 Å². The molecule has 0 saturated carbocycles. The maximum atomic E-state index is 2.56. The Morgan fingerprint density at radius 2 is 1.18 bits per heavy atom. The number of fused-ring (bicyclic) bond motifs is 15. The van der Waals surface area contributed by atoms with E-state index in [1.54, 1.807) is 0 Å². The molecule has 0 spiro atoms. The van der Waals surface area contributed by atoms with Crippen LogP contribution in [0.4, 0.5) is 17.1 Å². The summed E-state index contributed by atoms with van der Waals surface area (Å²) in [7, 11) is 2.22. The van der Waals surface area contributed by atoms with E-state index in [-0.39, 0.29) is 6.71 Å². The molecule has 0 saturated heterocycles. The van der Waals surface area contributed by atoms with Crippen molar-refractivity contribution in [2.75, 3.05) is 4.90 Å². The van der Waals surface area contributed by atoms with Crippen molar-refractivity contribution >= 4 is 100 Å². The summed E-state index contributed by atoms with van der Waals surface area (Å²) in [6, 6.07) is 63.4. The minimum absolute atomic E-state index is 0.102. The maximum Gasteiger partial charge on any atom is 0.295 e. The third-order valence-corrected chi connectivity index (χ3v) is 12.8. The fourth-order valence-corrected chi connectivity index (χ4v) is 10.5. The van der Waals surface area contributed by atoms with Crippen LogP contribution in [-0.4, -0.2) is 15.7 Å². The number of pyridine rings is 1. The van der Waals surface area contributed by atoms with Gasteiger partial charge >= 0.3 is 0 Å². The molecule has 0 fully saturated rings. The second kappa shape index (κ2) is 10.8. The zero-order valence-corrected chi connectivity index (χ0v) is 31.0. The standard InChI is InChI=1S/C51H34BN4/c1-31-14-12-19-37-35-17-6-10-24-42(35)56-45-28-32(26-27-44(45)53(2)51(56)48(31)37)33-29-46-49-47(30-33)55-41-23-9-7-18-36(41)38-20-13-22-40(50(38)55)52(49)39-21-8-11-25-43(39)54(46)34-15-4-3-5-16-34/h3-30H,1-2H3/q+1. The molecular formula is C51H34BN4+. The maximum absolute atomic E-state index is 2.56. The van der Waals surface area contributed by atoms with Gasteiger partial charge in [-0.3, -0.25) is 0 Å². The summed E-state index contributed by atoms with van der Waals surface area (Å²) in [5, 5.41) is 6.46. The number of rotatable bonds is 2. The minimum Gasteiger partial charge on any atom is -0.311 e. The van der Waals surface area contributed by atoms with Gasteiger partial charge in [-0.15, -0.1) is 0 Å². The van der Waals surface area contributed by atoms with Crippen LogP contribution in [0.3, 0.4) is 0 Å². The van der Waals surface area contributed by atoms with Crippen LogP contribution >= 0.6 is 0 Å². The average Bonchev–Trinajstić information content (AvgIpc) is 3.75. The molecule has 260 valence electrons. The molecule has 0 atom stereocenters. The van der Waals surface area contributed by atoms with Gasteiger partial charge in [-0.05, 0) is 101 Å². The summed E-state index contributed by atoms with van der Waals surface area (Å²) in [5.74, 6) is 0. The Balaban J connectivity index is 1.17. The largest absolute Gasteiger partial charge is 0.311 e. The first-order chi connectivity index (χ1) is 27.7. The van der Waals surface area contributed by atoms with Crippen LogP contribution in [0, 0.1) is 6.92 Å². The van der Waals surface area contributed by atoms with E-state index in [1.165, 1.54) is 110 Å². The molecule has 0 N–H and O–H groups in total. The van der Waals surface area contributed by atoms with Gasteiger partial charge in [-0.1, -0.05) is 109 Å². The zero-order valence-electron chi connectivity index (χ0n) is 31.0. The summed E-state index contributed by atoms with van der Waals surface area (Å²) in [6.45, 7) is 2.34. The Kier molecular flexibility index (Phi) is 5.82. The molecule has 3 aromatic heterocycles. The van der Waals surface area contributed by atoms with Gasteiger partial charge in [-0.2, -0.15) is 4.40 Å². The minimum atomic E-state index is 0.102. The Morgan fingerprint density at radius 3 is 2.05 bits per heavy atom. The first-order valence-electron chi connectivity index (χ1n) is 19.5. The van der Waals surface area contributed by atoms with Crippen LogP contribution in [0.15, 0.2) is 170 Å². The lowest BCUT2D eigenvalue weighted by atomic mass is 9.33. The predicted octanol–water partition coefficient (Wildman–Crippen LogP) is 9.91. The molecule has 56 heavy (non-hydrogen) atoms. The van der Waals surface area contributed by atoms with Crippen molar-refractivity contribution in [3.05, 3.63) is 175 Å². The molecule has 5 heteroatoms. The monoisotopic (exact) mass is 713 g/mol. The van der Waals surface area contributed by atoms with Crippen LogP contribution in [0.1, 0.15) is 5.56 Å². The Hall–Kier alpha value is -7.11. The summed E-state index contributed by atoms with van der Waals surface area (Å²) in [5.41, 5.74) is 20.0. The number of imidazole rings is 1. The second-order valence-electron chi connectivity index (χ2n) is 15.6. The number of benzene rings is 8. The molecule has 8 aromatic carbocycles. The molecular weight excluding hydrogens is 679 g/mol. The van der Waals surface area contributed by atoms with Gasteiger partial charge in [0.1, 0.15) is 5.52 Å². The van der Waals surface area contributed by atoms with Crippen molar-refractivity contribution in [2.24, 2.45) is 7.05 Å². The SMILES string of the molecule is Cc1cccc2c3ccccc3n3c4cc(-c5cc6c7c(c5)-n5c8ccccc8c8cccc(c85)B7c5ccccc5N6c5ccccc5)ccc4[n+](C)c3c12. The quantitative estimate of drug-likeness (QED) is 0.0991. The van der Waals surface area contributed by atoms with E-state index < -0.39 is 0 Å². The van der Waals surface area contributed by atoms with Crippen molar-refractivity contribution in [3.63, 3.8) is 0 Å². The van der Waals surface area contributed by atoms with Crippen molar-refractivity contribution in [3.8, 4) is 16.8 Å². The van der Waals surface area contributed by atoms with E-state index in [0.29, 0.717) is 0 Å². The highest BCUT2D eigenvalue weighted by Crippen LogP contribution is 2.44. The first-order valence-corrected chi connectivity index (χ1v) is 19.5. The molecule has 4 nitrogen and oxygen atoms in total. The Bertz CT molecular complexity index is 3520. The van der Waals surface area contributed by atoms with Crippen LogP contribution in [-0.2, 0) is 7.05 Å². The lowest BCUT2D eigenvalue weighted by Crippen LogP contribution is -2.60. The van der Waals surface area contributed by atoms with Crippen LogP contribution in [0.5, 0.6) is 0 Å². The number of nitrogens with zero attached hydrogens (tertiary/aromatic N) is 4. The molecule has 0 amide bonds. The third-order valence-electron chi connectivity index (χ3n) is 12.8. The molecule has 2 aliphatic heterocycles. The average molecular weight is 714 g/mol. The zero-order chi connectivity index (χ0) is 36.8. The third kappa shape index (κ3) is 3.72. The van der Waals surface area contributed by atoms with E-state index in [1.807, 2.05) is 0 Å². The fraction of sp³-hybridized carbons (Fsp3) is 0.0392. The first kappa shape index (κ1) is 30.2. The highest BCUT2D eigenvalue weighted by atomic mass is 15.2. The van der Waals surface area contributed by atoms with Crippen molar-refractivity contribution in [2.45, 2.75) is 6.92 Å². The van der Waals surface area contributed by atoms with Gasteiger partial charge in [0.05, 0.1) is 18.0 Å². The van der Waals surface area contributed by atoms with Gasteiger partial charge in [0, 0.05) is 49.8 Å². The topological polar surface area (TPSA) is 16.5 Å². The highest BCUT2D eigenvalue weighted by molar-refractivity contribution is 7.00. The number of hydrogen-bond donors (Lipinski definition) is 0. The van der Waals surface area contributed by atoms with E-state index in [9.17, 15) is 0 Å². The van der Waals surface area contributed by atoms with Gasteiger partial charge in [0.15, 0.2) is 11.0 Å². The predicted molar refractivity (Wildman–Crippen MR) is 235 cm³/mol. The molecule has 0 bridgehead atoms. The summed E-state index contributed by atoms with van der Waals surface area (Å²) < 4.78 is 7.44. The smallest absolute Gasteiger partial charge is 0.295 e. The van der Waals surface area contributed by atoms with Crippen molar-refractivity contribution < 1.29 is 4.57 Å². The van der Waals surface area contributed by atoms with Crippen LogP contribution in [0.2, 0.25) is 0 Å². The highest BCUT2D eigenvalue weighted by Gasteiger charge is 2.42. The number of aryl methyl sites for hydroxylation is 2. The molecule has 2 aliphatic rings. The van der Waals surface area contributed by atoms with E-state index in [4.69, 9.17) is 0 Å². The number of hydrogen-bond acceptors (Lipinski definition) is 1. The molecule has 13 rings (SSSR count). The molecule has 11 aromatic rings. The molecule has 0 radical (unpaired) electrons. The van der Waals surface area contributed by atoms with Crippen molar-refractivity contribution in [1.82, 2.24) is 8.97 Å². The van der Waals surface area contributed by atoms with Gasteiger partial charge in [0.25, 0.3) is 12.4 Å². The molecule has 0 unspecified atom stereocenters. The number of para-hydroxylation sites is 5. The Morgan fingerprint density at radius 1 is 0.500 bits per heavy atom. The summed E-state index contributed by atoms with van der Waals surface area (Å²) >= 11 is 0. The number of aromatic nitrogens is 3. The lowest BCUT2D eigenvalue weighted by molar-refractivity contribution is -0.617. The van der Waals surface area contributed by atoms with Crippen LogP contribution < -0.4 is 25.9 Å². The van der Waals surface area contributed by atoms with Gasteiger partial charge in [-0.25, -0.2) is 4.57 Å². The lowest BCUT2D eigenvalue weighted by Gasteiger charge is -2.40. The van der Waals surface area contributed by atoms with E-state index >= 15 is 0 Å². The molecule has 5 heterocycles. The summed E-state index contributed by atoms with van der Waals surface area (Å²) in [4.78, 5) is 2.50. The Labute approximate surface area is 323 Å². The van der Waals surface area contributed by atoms with Crippen molar-refractivity contribution in [1.29, 1.82) is 0 Å². The molecule has 0 aliphatic carbocycles. The van der Waals surface area contributed by atoms with Gasteiger partial charge in [0.2, 0.25) is 0 Å². The second-order valence-corrected chi connectivity index (χ2v) is 15.6. The normalized spacial score (nSPS) is 13.1. The summed E-state index contributed by atoms with van der Waals surface area (Å²) in [6.07, 6.45) is 0. The van der Waals surface area contributed by atoms with E-state index in [2.05, 4.69) is 202 Å².